The van der Waals surface area contributed by atoms with Gasteiger partial charge in [-0.15, -0.1) is 0 Å². The Hall–Kier alpha value is -0.656. The van der Waals surface area contributed by atoms with E-state index < -0.39 is 0 Å². The molecule has 0 bridgehead atoms. The average Bonchev–Trinajstić information content (AvgIpc) is 2.58. The summed E-state index contributed by atoms with van der Waals surface area (Å²) in [5, 5.41) is 0. The van der Waals surface area contributed by atoms with E-state index in [1.165, 1.54) is 0 Å². The van der Waals surface area contributed by atoms with Gasteiger partial charge in [-0.2, -0.15) is 0 Å². The minimum atomic E-state index is 0. The van der Waals surface area contributed by atoms with E-state index in [0.717, 1.165) is 22.4 Å². The van der Waals surface area contributed by atoms with Crippen molar-refractivity contribution < 1.29 is 46.0 Å². The van der Waals surface area contributed by atoms with Crippen LogP contribution in [-0.2, 0) is 0 Å². The zero-order valence-corrected chi connectivity index (χ0v) is 17.6. The molecule has 0 saturated heterocycles. The Balaban J connectivity index is 0. The van der Waals surface area contributed by atoms with Crippen molar-refractivity contribution in [2.75, 3.05) is 7.11 Å². The van der Waals surface area contributed by atoms with Gasteiger partial charge in [-0.1, -0.05) is 88.9 Å². The van der Waals surface area contributed by atoms with Crippen LogP contribution < -0.4 is 4.74 Å². The smallest absolute Gasteiger partial charge is 0.133 e. The summed E-state index contributed by atoms with van der Waals surface area (Å²) < 4.78 is 5.45. The Kier molecular flexibility index (Phi) is 15.4. The molecule has 2 heteroatoms. The molecule has 0 N–H and O–H groups in total. The molecule has 2 aromatic rings. The van der Waals surface area contributed by atoms with Crippen molar-refractivity contribution in [2.45, 2.75) is 27.7 Å². The van der Waals surface area contributed by atoms with E-state index in [1.54, 1.807) is 7.11 Å². The van der Waals surface area contributed by atoms with Gasteiger partial charge in [-0.3, -0.25) is 0 Å². The van der Waals surface area contributed by atoms with Gasteiger partial charge in [0, 0.05) is 52.4 Å². The Morgan fingerprint density at radius 3 is 1.90 bits per heavy atom. The fourth-order valence-corrected chi connectivity index (χ4v) is 1.79. The third-order valence-electron chi connectivity index (χ3n) is 2.55. The van der Waals surface area contributed by atoms with Crippen molar-refractivity contribution in [2.24, 2.45) is 0 Å². The number of methoxy groups -OCH3 is 1. The molecule has 1 nitrogen and oxygen atoms in total. The maximum atomic E-state index is 5.45. The van der Waals surface area contributed by atoms with Gasteiger partial charge in [0.25, 0.3) is 0 Å². The summed E-state index contributed by atoms with van der Waals surface area (Å²) in [6, 6.07) is 16.3. The first kappa shape index (κ1) is 22.6. The first-order chi connectivity index (χ1) is 9.86. The van der Waals surface area contributed by atoms with Crippen LogP contribution >= 0.6 is 0 Å². The van der Waals surface area contributed by atoms with Crippen LogP contribution in [0.4, 0.5) is 0 Å². The van der Waals surface area contributed by atoms with Gasteiger partial charge in [0.2, 0.25) is 0 Å². The quantitative estimate of drug-likeness (QED) is 0.597. The molecule has 0 atom stereocenters. The Bertz CT molecular complexity index is 492. The molecule has 0 saturated carbocycles. The molecule has 0 amide bonds. The van der Waals surface area contributed by atoms with E-state index in [-0.39, 0.29) is 41.3 Å². The maximum Gasteiger partial charge on any atom is 0.133 e. The zero-order chi connectivity index (χ0) is 15.4. The van der Waals surface area contributed by atoms with E-state index in [1.807, 2.05) is 64.1 Å². The van der Waals surface area contributed by atoms with Gasteiger partial charge in [0.15, 0.2) is 0 Å². The largest absolute Gasteiger partial charge is 0.495 e. The van der Waals surface area contributed by atoms with Crippen LogP contribution in [0.1, 0.15) is 33.3 Å². The first-order valence-electron chi connectivity index (χ1n) is 7.21. The topological polar surface area (TPSA) is 9.23 Å². The zero-order valence-electron chi connectivity index (χ0n) is 13.9. The predicted molar refractivity (Wildman–Crippen MR) is 91.2 cm³/mol. The molecule has 0 fully saturated rings. The van der Waals surface area contributed by atoms with E-state index in [0.29, 0.717) is 0 Å². The van der Waals surface area contributed by atoms with Gasteiger partial charge in [-0.25, -0.2) is 0 Å². The number of ether oxygens (including phenoxy) is 1. The summed E-state index contributed by atoms with van der Waals surface area (Å²) >= 11 is 0. The second-order valence-electron chi connectivity index (χ2n) is 3.50. The van der Waals surface area contributed by atoms with Crippen LogP contribution in [0.25, 0.3) is 17.2 Å². The van der Waals surface area contributed by atoms with Gasteiger partial charge in [-0.05, 0) is 5.56 Å². The summed E-state index contributed by atoms with van der Waals surface area (Å²) in [6.45, 7) is 11.8. The van der Waals surface area contributed by atoms with Crippen molar-refractivity contribution >= 4 is 6.08 Å². The molecule has 2 rings (SSSR count). The van der Waals surface area contributed by atoms with E-state index >= 15 is 0 Å². The van der Waals surface area contributed by atoms with Crippen LogP contribution in [0.3, 0.4) is 0 Å². The normalized spacial score (nSPS) is 8.05. The summed E-state index contributed by atoms with van der Waals surface area (Å²) in [7, 11) is 1.69. The van der Waals surface area contributed by atoms with E-state index in [2.05, 4.69) is 24.8 Å². The van der Waals surface area contributed by atoms with Gasteiger partial charge < -0.3 is 4.74 Å². The molecule has 0 aliphatic carbocycles. The Morgan fingerprint density at radius 2 is 1.43 bits per heavy atom. The third-order valence-corrected chi connectivity index (χ3v) is 2.55. The van der Waals surface area contributed by atoms with Crippen molar-refractivity contribution in [1.82, 2.24) is 0 Å². The number of benzene rings is 2. The van der Waals surface area contributed by atoms with Crippen molar-refractivity contribution in [1.29, 1.82) is 0 Å². The monoisotopic (exact) mass is 411 g/mol. The van der Waals surface area contributed by atoms with Gasteiger partial charge in [0.05, 0.1) is 7.11 Å². The van der Waals surface area contributed by atoms with Gasteiger partial charge >= 0.3 is 0 Å². The number of hydrogen-bond acceptors (Lipinski definition) is 1. The number of rotatable bonds is 3. The average molecular weight is 411 g/mol. The second kappa shape index (κ2) is 14.3. The molecule has 0 spiro atoms. The summed E-state index contributed by atoms with van der Waals surface area (Å²) in [4.78, 5) is 0. The summed E-state index contributed by atoms with van der Waals surface area (Å²) in [5.74, 6) is 0.878. The van der Waals surface area contributed by atoms with E-state index in [9.17, 15) is 0 Å². The standard InChI is InChI=1S/C15H14O.2C2H6.Pr/c1-3-12-10-7-11-14(15(12)16-2)13-8-5-4-6-9-13;2*1-2;/h3-11H,1H2,2H3;2*1-2H3;. The SMILES string of the molecule is C=Cc1cccc(-c2ccccc2)c1OC.CC.CC.[Pr]. The van der Waals surface area contributed by atoms with Crippen LogP contribution in [0, 0.1) is 41.3 Å². The van der Waals surface area contributed by atoms with E-state index in [4.69, 9.17) is 4.74 Å². The molecule has 0 heterocycles. The van der Waals surface area contributed by atoms with Crippen molar-refractivity contribution in [3.8, 4) is 16.9 Å². The summed E-state index contributed by atoms with van der Waals surface area (Å²) in [6.07, 6.45) is 1.81. The van der Waals surface area contributed by atoms with Crippen molar-refractivity contribution in [3.63, 3.8) is 0 Å². The Labute approximate surface area is 163 Å². The fourth-order valence-electron chi connectivity index (χ4n) is 1.79. The minimum absolute atomic E-state index is 0. The third kappa shape index (κ3) is 6.76. The Morgan fingerprint density at radius 1 is 0.857 bits per heavy atom. The molecule has 0 aromatic heterocycles. The molecule has 1 radical (unpaired) electrons. The second-order valence-corrected chi connectivity index (χ2v) is 3.50. The molecular formula is C19H26OPr. The molecule has 21 heavy (non-hydrogen) atoms. The molecule has 0 unspecified atom stereocenters. The van der Waals surface area contributed by atoms with Crippen LogP contribution in [-0.4, -0.2) is 7.11 Å². The predicted octanol–water partition coefficient (Wildman–Crippen LogP) is 6.06. The van der Waals surface area contributed by atoms with Crippen LogP contribution in [0.15, 0.2) is 55.1 Å². The minimum Gasteiger partial charge on any atom is -0.495 e. The van der Waals surface area contributed by atoms with Crippen LogP contribution in [0.2, 0.25) is 0 Å². The van der Waals surface area contributed by atoms with Gasteiger partial charge in [0.1, 0.15) is 5.75 Å². The molecule has 0 aliphatic rings. The van der Waals surface area contributed by atoms with Crippen molar-refractivity contribution in [3.05, 3.63) is 60.7 Å². The maximum absolute atomic E-state index is 5.45. The molecule has 0 aliphatic heterocycles. The number of para-hydroxylation sites is 1. The molecule has 111 valence electrons. The first-order valence-corrected chi connectivity index (χ1v) is 7.21. The molecular weight excluding hydrogens is 385 g/mol. The molecule has 2 aromatic carbocycles. The number of hydrogen-bond donors (Lipinski definition) is 0. The van der Waals surface area contributed by atoms with Crippen LogP contribution in [0.5, 0.6) is 5.75 Å². The fraction of sp³-hybridized carbons (Fsp3) is 0.263. The summed E-state index contributed by atoms with van der Waals surface area (Å²) in [5.41, 5.74) is 3.27.